The Kier molecular flexibility index (Phi) is 12.9. The van der Waals surface area contributed by atoms with Crippen LogP contribution in [0.15, 0.2) is 112 Å². The summed E-state index contributed by atoms with van der Waals surface area (Å²) in [5.41, 5.74) is 6.96. The van der Waals surface area contributed by atoms with E-state index in [-0.39, 0.29) is 24.7 Å². The third-order valence-corrected chi connectivity index (χ3v) is 10.1. The Morgan fingerprint density at radius 1 is 0.702 bits per heavy atom. The zero-order chi connectivity index (χ0) is 39.5. The molecule has 0 fully saturated rings. The molecule has 4 aromatic heterocycles. The lowest BCUT2D eigenvalue weighted by atomic mass is 10.1. The van der Waals surface area contributed by atoms with Crippen LogP contribution < -0.4 is 21.5 Å². The van der Waals surface area contributed by atoms with Crippen molar-refractivity contribution in [3.05, 3.63) is 115 Å². The Bertz CT molecular complexity index is 2850. The van der Waals surface area contributed by atoms with Gasteiger partial charge in [0.15, 0.2) is 11.2 Å². The summed E-state index contributed by atoms with van der Waals surface area (Å²) in [6.07, 6.45) is 0. The Balaban J connectivity index is 0.000000190. The van der Waals surface area contributed by atoms with E-state index in [0.29, 0.717) is 76.7 Å². The van der Waals surface area contributed by atoms with E-state index in [2.05, 4.69) is 52.0 Å². The molecule has 0 atom stereocenters. The van der Waals surface area contributed by atoms with Gasteiger partial charge in [-0.05, 0) is 60.7 Å². The molecule has 0 saturated carbocycles. The average Bonchev–Trinajstić information content (AvgIpc) is 3.76. The quantitative estimate of drug-likeness (QED) is 0.127. The molecule has 16 heteroatoms. The number of hydrogen-bond acceptors (Lipinski definition) is 10. The first kappa shape index (κ1) is 41.3. The van der Waals surface area contributed by atoms with Crippen molar-refractivity contribution >= 4 is 105 Å². The predicted octanol–water partition coefficient (Wildman–Crippen LogP) is 9.60. The smallest absolute Gasteiger partial charge is 0.348 e. The van der Waals surface area contributed by atoms with Crippen molar-refractivity contribution in [2.75, 3.05) is 37.6 Å². The van der Waals surface area contributed by atoms with Crippen molar-refractivity contribution in [2.45, 2.75) is 27.4 Å². The van der Waals surface area contributed by atoms with Gasteiger partial charge < -0.3 is 23.6 Å². The average molecular weight is 921 g/mol. The fourth-order valence-corrected chi connectivity index (χ4v) is 7.20. The number of ether oxygens (including phenoxy) is 2. The minimum absolute atomic E-state index is 0. The molecular weight excluding hydrogens is 884 g/mol. The van der Waals surface area contributed by atoms with Crippen LogP contribution in [0.25, 0.3) is 66.7 Å². The lowest BCUT2D eigenvalue weighted by molar-refractivity contribution is -0.114. The van der Waals surface area contributed by atoms with Gasteiger partial charge in [0.25, 0.3) is 0 Å². The van der Waals surface area contributed by atoms with Gasteiger partial charge in [-0.2, -0.15) is 9.97 Å². The molecule has 0 saturated heterocycles. The zero-order valence-electron chi connectivity index (χ0n) is 30.2. The molecule has 0 spiro atoms. The molecule has 0 unspecified atom stereocenters. The first-order chi connectivity index (χ1) is 27.1. The maximum absolute atomic E-state index is 12.9. The Hall–Kier alpha value is -5.32. The SMILES string of the molecule is C.COCCn1c(=O)nc(-c2ccc(NC(C)=O)cc2)c2oc3ccc(Br)cc3c21.COCCn1c(=O)nc(-c2ccc(NCl)cc2)c2oc3ccc(Br)cc3c21. The molecule has 0 aliphatic rings. The molecule has 13 nitrogen and oxygen atoms in total. The van der Waals surface area contributed by atoms with E-state index in [9.17, 15) is 14.4 Å². The van der Waals surface area contributed by atoms with Crippen LogP contribution in [0.3, 0.4) is 0 Å². The molecule has 8 rings (SSSR count). The van der Waals surface area contributed by atoms with Gasteiger partial charge in [-0.3, -0.25) is 18.8 Å². The van der Waals surface area contributed by atoms with Gasteiger partial charge in [-0.1, -0.05) is 63.6 Å². The van der Waals surface area contributed by atoms with Crippen LogP contribution in [-0.4, -0.2) is 52.4 Å². The summed E-state index contributed by atoms with van der Waals surface area (Å²) in [6, 6.07) is 25.8. The fourth-order valence-electron chi connectivity index (χ4n) is 6.35. The maximum atomic E-state index is 12.9. The molecule has 4 heterocycles. The molecule has 4 aromatic carbocycles. The summed E-state index contributed by atoms with van der Waals surface area (Å²) in [5.74, 6) is -0.151. The fraction of sp³-hybridized carbons (Fsp3) is 0.195. The van der Waals surface area contributed by atoms with Crippen LogP contribution in [0.4, 0.5) is 11.4 Å². The summed E-state index contributed by atoms with van der Waals surface area (Å²) < 4.78 is 27.5. The second-order valence-corrected chi connectivity index (χ2v) is 14.6. The minimum Gasteiger partial charge on any atom is -0.452 e. The molecule has 294 valence electrons. The number of methoxy groups -OCH3 is 2. The second-order valence-electron chi connectivity index (χ2n) is 12.5. The molecule has 0 bridgehead atoms. The van der Waals surface area contributed by atoms with E-state index in [1.165, 1.54) is 6.92 Å². The molecule has 0 aliphatic carbocycles. The lowest BCUT2D eigenvalue weighted by Gasteiger charge is -2.09. The molecule has 0 radical (unpaired) electrons. The number of aromatic nitrogens is 4. The van der Waals surface area contributed by atoms with Crippen molar-refractivity contribution in [1.82, 2.24) is 19.1 Å². The normalized spacial score (nSPS) is 11.1. The highest BCUT2D eigenvalue weighted by Gasteiger charge is 2.21. The number of benzene rings is 4. The van der Waals surface area contributed by atoms with Crippen molar-refractivity contribution in [1.29, 1.82) is 0 Å². The number of amides is 1. The van der Waals surface area contributed by atoms with Crippen molar-refractivity contribution in [3.8, 4) is 22.5 Å². The monoisotopic (exact) mass is 918 g/mol. The molecule has 1 amide bonds. The van der Waals surface area contributed by atoms with Crippen LogP contribution in [-0.2, 0) is 27.4 Å². The number of carbonyl (C=O) groups excluding carboxylic acids is 1. The lowest BCUT2D eigenvalue weighted by Crippen LogP contribution is -2.25. The van der Waals surface area contributed by atoms with Gasteiger partial charge in [-0.15, -0.1) is 0 Å². The number of carbonyl (C=O) groups is 1. The van der Waals surface area contributed by atoms with Gasteiger partial charge in [0.05, 0.1) is 26.3 Å². The van der Waals surface area contributed by atoms with Gasteiger partial charge >= 0.3 is 11.4 Å². The third kappa shape index (κ3) is 8.53. The van der Waals surface area contributed by atoms with Crippen LogP contribution in [0.5, 0.6) is 0 Å². The number of fused-ring (bicyclic) bond motifs is 6. The summed E-state index contributed by atoms with van der Waals surface area (Å²) in [6.45, 7) is 2.97. The van der Waals surface area contributed by atoms with E-state index in [0.717, 1.165) is 36.5 Å². The van der Waals surface area contributed by atoms with E-state index < -0.39 is 0 Å². The minimum atomic E-state index is -0.377. The van der Waals surface area contributed by atoms with Crippen LogP contribution in [0, 0.1) is 0 Å². The molecular formula is C41H37Br2ClN6O7. The van der Waals surface area contributed by atoms with E-state index in [4.69, 9.17) is 30.1 Å². The van der Waals surface area contributed by atoms with Gasteiger partial charge in [-0.25, -0.2) is 9.59 Å². The number of nitrogens with one attached hydrogen (secondary N) is 2. The predicted molar refractivity (Wildman–Crippen MR) is 232 cm³/mol. The first-order valence-corrected chi connectivity index (χ1v) is 19.1. The van der Waals surface area contributed by atoms with E-state index in [1.807, 2.05) is 60.7 Å². The number of rotatable bonds is 10. The van der Waals surface area contributed by atoms with Crippen molar-refractivity contribution < 1.29 is 23.1 Å². The highest BCUT2D eigenvalue weighted by molar-refractivity contribution is 9.10. The highest BCUT2D eigenvalue weighted by atomic mass is 79.9. The van der Waals surface area contributed by atoms with Gasteiger partial charge in [0.2, 0.25) is 5.91 Å². The highest BCUT2D eigenvalue weighted by Crippen LogP contribution is 2.37. The number of furan rings is 2. The zero-order valence-corrected chi connectivity index (χ0v) is 34.1. The van der Waals surface area contributed by atoms with Crippen molar-refractivity contribution in [2.24, 2.45) is 0 Å². The third-order valence-electron chi connectivity index (χ3n) is 8.88. The molecule has 57 heavy (non-hydrogen) atoms. The van der Waals surface area contributed by atoms with Gasteiger partial charge in [0.1, 0.15) is 33.6 Å². The molecule has 0 aliphatic heterocycles. The Morgan fingerprint density at radius 2 is 1.12 bits per heavy atom. The van der Waals surface area contributed by atoms with Gasteiger partial charge in [0, 0.05) is 75.1 Å². The maximum Gasteiger partial charge on any atom is 0.348 e. The number of halogens is 3. The Labute approximate surface area is 347 Å². The number of hydrogen-bond donors (Lipinski definition) is 2. The van der Waals surface area contributed by atoms with Crippen LogP contribution >= 0.6 is 43.6 Å². The van der Waals surface area contributed by atoms with Crippen LogP contribution in [0.1, 0.15) is 14.4 Å². The topological polar surface area (TPSA) is 156 Å². The summed E-state index contributed by atoms with van der Waals surface area (Å²) in [4.78, 5) is 48.0. The summed E-state index contributed by atoms with van der Waals surface area (Å²) >= 11 is 12.6. The van der Waals surface area contributed by atoms with E-state index in [1.54, 1.807) is 47.6 Å². The Morgan fingerprint density at radius 3 is 1.51 bits per heavy atom. The van der Waals surface area contributed by atoms with E-state index >= 15 is 0 Å². The molecule has 2 N–H and O–H groups in total. The number of nitrogens with zero attached hydrogens (tertiary/aromatic N) is 4. The summed E-state index contributed by atoms with van der Waals surface area (Å²) in [7, 11) is 3.19. The first-order valence-electron chi connectivity index (χ1n) is 17.2. The summed E-state index contributed by atoms with van der Waals surface area (Å²) in [5, 5.41) is 4.39. The largest absolute Gasteiger partial charge is 0.452 e. The van der Waals surface area contributed by atoms with Crippen LogP contribution in [0.2, 0.25) is 0 Å². The molecule has 8 aromatic rings. The number of anilines is 2. The van der Waals surface area contributed by atoms with Crippen molar-refractivity contribution in [3.63, 3.8) is 0 Å². The second kappa shape index (κ2) is 17.9. The standard InChI is InChI=1S/C21H18BrN3O4.C19H15BrClN3O3.CH4/c1-12(26)23-15-6-3-13(4-7-15)18-20-19(25(9-10-28-2)21(27)24-18)16-11-14(22)5-8-17(16)29-20;1-26-9-8-24-17-14-10-12(20)4-7-15(14)27-18(17)16(22-19(24)25)11-2-5-13(23-21)6-3-11;/h3-8,11H,9-10H2,1-2H3,(H,23,26);2-7,10,23H,8-9H2,1H3;1H4.